The molecule has 0 aliphatic heterocycles. The van der Waals surface area contributed by atoms with E-state index in [4.69, 9.17) is 11.6 Å². The SMILES string of the molecule is N#C/C(C(=O)Nc1ccc(Cl)cc1)=C(/S)SCC(=O)c1ccccc1. The van der Waals surface area contributed by atoms with Crippen molar-refractivity contribution in [2.75, 3.05) is 11.1 Å². The fourth-order valence-electron chi connectivity index (χ4n) is 1.84. The van der Waals surface area contributed by atoms with Gasteiger partial charge in [0.25, 0.3) is 5.91 Å². The van der Waals surface area contributed by atoms with Gasteiger partial charge in [0.2, 0.25) is 0 Å². The van der Waals surface area contributed by atoms with Crippen LogP contribution in [-0.4, -0.2) is 17.4 Å². The largest absolute Gasteiger partial charge is 0.321 e. The summed E-state index contributed by atoms with van der Waals surface area (Å²) in [6.45, 7) is 0. The Morgan fingerprint density at radius 2 is 1.76 bits per heavy atom. The topological polar surface area (TPSA) is 70.0 Å². The van der Waals surface area contributed by atoms with Crippen molar-refractivity contribution < 1.29 is 9.59 Å². The Balaban J connectivity index is 2.03. The van der Waals surface area contributed by atoms with Crippen molar-refractivity contribution in [3.63, 3.8) is 0 Å². The van der Waals surface area contributed by atoms with Crippen LogP contribution in [0.1, 0.15) is 10.4 Å². The second kappa shape index (κ2) is 9.33. The van der Waals surface area contributed by atoms with Crippen LogP contribution in [0.2, 0.25) is 5.02 Å². The first-order valence-corrected chi connectivity index (χ1v) is 8.93. The molecule has 2 aromatic rings. The summed E-state index contributed by atoms with van der Waals surface area (Å²) >= 11 is 11.0. The Labute approximate surface area is 160 Å². The van der Waals surface area contributed by atoms with Gasteiger partial charge in [-0.25, -0.2) is 0 Å². The number of benzene rings is 2. The third-order valence-electron chi connectivity index (χ3n) is 3.09. The molecule has 126 valence electrons. The minimum atomic E-state index is -0.588. The van der Waals surface area contributed by atoms with E-state index in [0.717, 1.165) is 11.8 Å². The van der Waals surface area contributed by atoms with E-state index in [9.17, 15) is 14.9 Å². The molecular weight excluding hydrogens is 376 g/mol. The highest BCUT2D eigenvalue weighted by Gasteiger charge is 2.15. The van der Waals surface area contributed by atoms with Gasteiger partial charge in [0.05, 0.1) is 9.99 Å². The number of thiol groups is 1. The number of nitrogens with one attached hydrogen (secondary N) is 1. The van der Waals surface area contributed by atoms with Crippen molar-refractivity contribution in [2.24, 2.45) is 0 Å². The second-order valence-electron chi connectivity index (χ2n) is 4.83. The van der Waals surface area contributed by atoms with Crippen LogP contribution in [0.15, 0.2) is 64.4 Å². The Bertz CT molecular complexity index is 844. The minimum absolute atomic E-state index is 0.0856. The van der Waals surface area contributed by atoms with Crippen molar-refractivity contribution in [1.29, 1.82) is 5.26 Å². The number of carbonyl (C=O) groups is 2. The molecule has 7 heteroatoms. The lowest BCUT2D eigenvalue weighted by Crippen LogP contribution is -2.14. The first kappa shape index (κ1) is 19.1. The number of nitriles is 1. The fourth-order valence-corrected chi connectivity index (χ4v) is 3.02. The van der Waals surface area contributed by atoms with Gasteiger partial charge >= 0.3 is 0 Å². The molecule has 0 radical (unpaired) electrons. The van der Waals surface area contributed by atoms with Crippen LogP contribution in [0.4, 0.5) is 5.69 Å². The Hall–Kier alpha value is -2.20. The Kier molecular flexibility index (Phi) is 7.14. The molecule has 1 amide bonds. The molecule has 25 heavy (non-hydrogen) atoms. The number of nitrogens with zero attached hydrogens (tertiary/aromatic N) is 1. The number of Topliss-reactive ketones (excluding diaryl/α,β-unsaturated/α-hetero) is 1. The molecule has 0 atom stereocenters. The number of amides is 1. The lowest BCUT2D eigenvalue weighted by molar-refractivity contribution is -0.112. The van der Waals surface area contributed by atoms with Crippen LogP contribution in [-0.2, 0) is 4.79 Å². The Morgan fingerprint density at radius 3 is 2.36 bits per heavy atom. The van der Waals surface area contributed by atoms with Crippen molar-refractivity contribution in [3.8, 4) is 6.07 Å². The molecule has 0 aliphatic carbocycles. The zero-order chi connectivity index (χ0) is 18.2. The summed E-state index contributed by atoms with van der Waals surface area (Å²) in [6.07, 6.45) is 0. The smallest absolute Gasteiger partial charge is 0.268 e. The quantitative estimate of drug-likeness (QED) is 0.329. The highest BCUT2D eigenvalue weighted by Crippen LogP contribution is 2.25. The van der Waals surface area contributed by atoms with Crippen molar-refractivity contribution >= 4 is 53.4 Å². The van der Waals surface area contributed by atoms with E-state index >= 15 is 0 Å². The lowest BCUT2D eigenvalue weighted by atomic mass is 10.2. The van der Waals surface area contributed by atoms with Crippen LogP contribution >= 0.6 is 36.0 Å². The molecule has 0 bridgehead atoms. The van der Waals surface area contributed by atoms with Gasteiger partial charge in [-0.3, -0.25) is 9.59 Å². The summed E-state index contributed by atoms with van der Waals surface area (Å²) in [5.74, 6) is -0.607. The lowest BCUT2D eigenvalue weighted by Gasteiger charge is -2.07. The third-order valence-corrected chi connectivity index (χ3v) is 4.84. The number of hydrogen-bond acceptors (Lipinski definition) is 5. The van der Waals surface area contributed by atoms with Crippen LogP contribution < -0.4 is 5.32 Å². The van der Waals surface area contributed by atoms with Crippen molar-refractivity contribution in [2.45, 2.75) is 0 Å². The van der Waals surface area contributed by atoms with Gasteiger partial charge in [0, 0.05) is 16.3 Å². The molecule has 1 N–H and O–H groups in total. The molecule has 0 saturated heterocycles. The van der Waals surface area contributed by atoms with Gasteiger partial charge in [0.15, 0.2) is 5.78 Å². The number of ketones is 1. The molecule has 0 aliphatic rings. The van der Waals surface area contributed by atoms with Gasteiger partial charge in [-0.1, -0.05) is 41.9 Å². The van der Waals surface area contributed by atoms with Gasteiger partial charge in [-0.2, -0.15) is 5.26 Å². The molecule has 0 aromatic heterocycles. The number of hydrogen-bond donors (Lipinski definition) is 2. The predicted octanol–water partition coefficient (Wildman–Crippen LogP) is 4.56. The molecule has 2 rings (SSSR count). The zero-order valence-corrected chi connectivity index (χ0v) is 15.4. The van der Waals surface area contributed by atoms with E-state index in [1.807, 2.05) is 12.1 Å². The normalized spacial score (nSPS) is 11.2. The second-order valence-corrected chi connectivity index (χ2v) is 7.00. The molecule has 2 aromatic carbocycles. The molecule has 0 spiro atoms. The minimum Gasteiger partial charge on any atom is -0.321 e. The summed E-state index contributed by atoms with van der Waals surface area (Å²) in [6, 6.07) is 17.1. The maximum atomic E-state index is 12.2. The van der Waals surface area contributed by atoms with E-state index in [1.54, 1.807) is 48.5 Å². The number of thioether (sulfide) groups is 1. The highest BCUT2D eigenvalue weighted by atomic mass is 35.5. The van der Waals surface area contributed by atoms with Crippen molar-refractivity contribution in [1.82, 2.24) is 0 Å². The van der Waals surface area contributed by atoms with E-state index < -0.39 is 5.91 Å². The number of rotatable bonds is 6. The summed E-state index contributed by atoms with van der Waals surface area (Å²) in [4.78, 5) is 24.3. The monoisotopic (exact) mass is 388 g/mol. The first-order chi connectivity index (χ1) is 12.0. The summed E-state index contributed by atoms with van der Waals surface area (Å²) in [7, 11) is 0. The molecule has 4 nitrogen and oxygen atoms in total. The molecule has 0 saturated carbocycles. The van der Waals surface area contributed by atoms with Crippen LogP contribution in [0, 0.1) is 11.3 Å². The van der Waals surface area contributed by atoms with E-state index in [0.29, 0.717) is 16.3 Å². The van der Waals surface area contributed by atoms with Crippen LogP contribution in [0.3, 0.4) is 0 Å². The summed E-state index contributed by atoms with van der Waals surface area (Å²) in [5.41, 5.74) is 0.929. The number of halogens is 1. The molecule has 0 heterocycles. The van der Waals surface area contributed by atoms with E-state index in [1.165, 1.54) is 0 Å². The number of anilines is 1. The third kappa shape index (κ3) is 5.68. The highest BCUT2D eigenvalue weighted by molar-refractivity contribution is 8.16. The summed E-state index contributed by atoms with van der Waals surface area (Å²) in [5, 5.41) is 12.4. The van der Waals surface area contributed by atoms with Crippen LogP contribution in [0.25, 0.3) is 0 Å². The van der Waals surface area contributed by atoms with Gasteiger partial charge in [-0.05, 0) is 24.3 Å². The maximum absolute atomic E-state index is 12.2. The molecular formula is C18H13ClN2O2S2. The zero-order valence-electron chi connectivity index (χ0n) is 12.9. The standard InChI is InChI=1S/C18H13ClN2O2S2/c19-13-6-8-14(9-7-13)21-17(23)15(10-20)18(24)25-11-16(22)12-4-2-1-3-5-12/h1-9,24H,11H2,(H,21,23)/b18-15+. The van der Waals surface area contributed by atoms with E-state index in [-0.39, 0.29) is 21.3 Å². The van der Waals surface area contributed by atoms with Gasteiger partial charge in [-0.15, -0.1) is 24.4 Å². The average Bonchev–Trinajstić information content (AvgIpc) is 2.63. The summed E-state index contributed by atoms with van der Waals surface area (Å²) < 4.78 is 0.193. The van der Waals surface area contributed by atoms with E-state index in [2.05, 4.69) is 17.9 Å². The predicted molar refractivity (Wildman–Crippen MR) is 105 cm³/mol. The van der Waals surface area contributed by atoms with Crippen molar-refractivity contribution in [3.05, 3.63) is 75.0 Å². The maximum Gasteiger partial charge on any atom is 0.268 e. The van der Waals surface area contributed by atoms with Gasteiger partial charge < -0.3 is 5.32 Å². The molecule has 0 fully saturated rings. The van der Waals surface area contributed by atoms with Crippen LogP contribution in [0.5, 0.6) is 0 Å². The number of carbonyl (C=O) groups excluding carboxylic acids is 2. The molecule has 0 unspecified atom stereocenters. The Morgan fingerprint density at radius 1 is 1.12 bits per heavy atom. The average molecular weight is 389 g/mol. The van der Waals surface area contributed by atoms with Gasteiger partial charge in [0.1, 0.15) is 11.6 Å². The first-order valence-electron chi connectivity index (χ1n) is 7.12. The fraction of sp³-hybridized carbons (Fsp3) is 0.0556.